The number of benzene rings is 1. The summed E-state index contributed by atoms with van der Waals surface area (Å²) in [5, 5.41) is 12.7. The van der Waals surface area contributed by atoms with Crippen LogP contribution in [0.15, 0.2) is 24.3 Å². The van der Waals surface area contributed by atoms with E-state index in [-0.39, 0.29) is 18.5 Å². The number of likely N-dealkylation sites (N-methyl/N-ethyl adjacent to an activating group) is 2. The zero-order valence-corrected chi connectivity index (χ0v) is 14.7. The van der Waals surface area contributed by atoms with Gasteiger partial charge in [0, 0.05) is 45.0 Å². The SMILES string of the molecule is CON(C)C(=O)c1ccc(NC(=O)N(C)CCN(C)CCO)cc1. The Balaban J connectivity index is 2.53. The Labute approximate surface area is 142 Å². The van der Waals surface area contributed by atoms with E-state index >= 15 is 0 Å². The highest BCUT2D eigenvalue weighted by Crippen LogP contribution is 2.12. The van der Waals surface area contributed by atoms with Gasteiger partial charge in [0.15, 0.2) is 0 Å². The molecule has 24 heavy (non-hydrogen) atoms. The number of nitrogens with zero attached hydrogens (tertiary/aromatic N) is 3. The third kappa shape index (κ3) is 6.15. The van der Waals surface area contributed by atoms with Gasteiger partial charge in [0.05, 0.1) is 13.7 Å². The highest BCUT2D eigenvalue weighted by atomic mass is 16.7. The molecule has 0 bridgehead atoms. The number of urea groups is 1. The maximum Gasteiger partial charge on any atom is 0.321 e. The molecule has 0 aromatic heterocycles. The molecule has 0 saturated heterocycles. The van der Waals surface area contributed by atoms with E-state index in [1.165, 1.54) is 14.2 Å². The van der Waals surface area contributed by atoms with Crippen LogP contribution in [-0.4, -0.2) is 86.4 Å². The van der Waals surface area contributed by atoms with Crippen LogP contribution in [0.2, 0.25) is 0 Å². The summed E-state index contributed by atoms with van der Waals surface area (Å²) in [5.74, 6) is -0.264. The molecule has 0 spiro atoms. The zero-order valence-electron chi connectivity index (χ0n) is 14.7. The Morgan fingerprint density at radius 3 is 2.25 bits per heavy atom. The number of hydrogen-bond donors (Lipinski definition) is 2. The molecule has 0 heterocycles. The molecule has 134 valence electrons. The van der Waals surface area contributed by atoms with Crippen molar-refractivity contribution < 1.29 is 19.5 Å². The van der Waals surface area contributed by atoms with Crippen LogP contribution in [0.4, 0.5) is 10.5 Å². The summed E-state index contributed by atoms with van der Waals surface area (Å²) in [6.45, 7) is 1.87. The Bertz CT molecular complexity index is 535. The summed E-state index contributed by atoms with van der Waals surface area (Å²) in [7, 11) is 6.53. The van der Waals surface area contributed by atoms with E-state index in [0.29, 0.717) is 30.9 Å². The van der Waals surface area contributed by atoms with Gasteiger partial charge in [0.1, 0.15) is 0 Å². The lowest BCUT2D eigenvalue weighted by atomic mass is 10.2. The van der Waals surface area contributed by atoms with Gasteiger partial charge in [-0.15, -0.1) is 0 Å². The number of carbonyl (C=O) groups is 2. The minimum absolute atomic E-state index is 0.0930. The maximum atomic E-state index is 12.1. The van der Waals surface area contributed by atoms with E-state index < -0.39 is 0 Å². The predicted octanol–water partition coefficient (Wildman–Crippen LogP) is 0.708. The van der Waals surface area contributed by atoms with Crippen molar-refractivity contribution in [3.05, 3.63) is 29.8 Å². The molecular formula is C16H26N4O4. The Kier molecular flexibility index (Phi) is 8.17. The van der Waals surface area contributed by atoms with Crippen molar-refractivity contribution >= 4 is 17.6 Å². The van der Waals surface area contributed by atoms with Crippen LogP contribution in [0.3, 0.4) is 0 Å². The van der Waals surface area contributed by atoms with E-state index in [0.717, 1.165) is 5.06 Å². The van der Waals surface area contributed by atoms with Crippen molar-refractivity contribution in [2.24, 2.45) is 0 Å². The molecule has 0 saturated carbocycles. The molecule has 1 aromatic carbocycles. The van der Waals surface area contributed by atoms with Crippen molar-refractivity contribution in [3.8, 4) is 0 Å². The van der Waals surface area contributed by atoms with E-state index in [1.54, 1.807) is 36.2 Å². The lowest BCUT2D eigenvalue weighted by Gasteiger charge is -2.22. The van der Waals surface area contributed by atoms with Gasteiger partial charge >= 0.3 is 6.03 Å². The van der Waals surface area contributed by atoms with Crippen molar-refractivity contribution in [2.45, 2.75) is 0 Å². The summed E-state index contributed by atoms with van der Waals surface area (Å²) >= 11 is 0. The molecule has 1 aromatic rings. The summed E-state index contributed by atoms with van der Waals surface area (Å²) in [5.41, 5.74) is 1.07. The molecule has 1 rings (SSSR count). The number of rotatable bonds is 8. The highest BCUT2D eigenvalue weighted by Gasteiger charge is 2.12. The molecule has 3 amide bonds. The third-order valence-corrected chi connectivity index (χ3v) is 3.59. The fraction of sp³-hybridized carbons (Fsp3) is 0.500. The molecule has 8 nitrogen and oxygen atoms in total. The molecular weight excluding hydrogens is 312 g/mol. The van der Waals surface area contributed by atoms with Crippen LogP contribution in [0.5, 0.6) is 0 Å². The van der Waals surface area contributed by atoms with Gasteiger partial charge in [-0.3, -0.25) is 9.63 Å². The molecule has 0 radical (unpaired) electrons. The Hall–Kier alpha value is -2.16. The predicted molar refractivity (Wildman–Crippen MR) is 91.8 cm³/mol. The van der Waals surface area contributed by atoms with Gasteiger partial charge < -0.3 is 20.2 Å². The van der Waals surface area contributed by atoms with Crippen molar-refractivity contribution in [3.63, 3.8) is 0 Å². The number of amides is 3. The first kappa shape index (κ1) is 19.9. The van der Waals surface area contributed by atoms with E-state index in [9.17, 15) is 9.59 Å². The van der Waals surface area contributed by atoms with Crippen LogP contribution in [0.25, 0.3) is 0 Å². The Morgan fingerprint density at radius 1 is 1.08 bits per heavy atom. The van der Waals surface area contributed by atoms with Crippen LogP contribution in [0.1, 0.15) is 10.4 Å². The summed E-state index contributed by atoms with van der Waals surface area (Å²) in [6.07, 6.45) is 0. The van der Waals surface area contributed by atoms with Gasteiger partial charge in [-0.2, -0.15) is 0 Å². The Morgan fingerprint density at radius 2 is 1.71 bits per heavy atom. The number of hydrogen-bond acceptors (Lipinski definition) is 5. The first-order valence-electron chi connectivity index (χ1n) is 7.62. The lowest BCUT2D eigenvalue weighted by Crippen LogP contribution is -2.38. The zero-order chi connectivity index (χ0) is 18.1. The average Bonchev–Trinajstić information content (AvgIpc) is 2.59. The maximum absolute atomic E-state index is 12.1. The lowest BCUT2D eigenvalue weighted by molar-refractivity contribution is -0.0756. The number of aliphatic hydroxyl groups is 1. The van der Waals surface area contributed by atoms with Gasteiger partial charge in [0.25, 0.3) is 5.91 Å². The molecule has 0 aliphatic carbocycles. The summed E-state index contributed by atoms with van der Waals surface area (Å²) < 4.78 is 0. The summed E-state index contributed by atoms with van der Waals surface area (Å²) in [6, 6.07) is 6.35. The molecule has 0 unspecified atom stereocenters. The highest BCUT2D eigenvalue weighted by molar-refractivity contribution is 5.94. The summed E-state index contributed by atoms with van der Waals surface area (Å²) in [4.78, 5) is 32.4. The van der Waals surface area contributed by atoms with Gasteiger partial charge in [-0.1, -0.05) is 0 Å². The largest absolute Gasteiger partial charge is 0.395 e. The van der Waals surface area contributed by atoms with Crippen LogP contribution in [0, 0.1) is 0 Å². The van der Waals surface area contributed by atoms with E-state index in [4.69, 9.17) is 9.94 Å². The first-order chi connectivity index (χ1) is 11.4. The monoisotopic (exact) mass is 338 g/mol. The molecule has 0 fully saturated rings. The van der Waals surface area contributed by atoms with E-state index in [2.05, 4.69) is 5.32 Å². The van der Waals surface area contributed by atoms with Crippen molar-refractivity contribution in [1.82, 2.24) is 14.9 Å². The smallest absolute Gasteiger partial charge is 0.321 e. The van der Waals surface area contributed by atoms with Gasteiger partial charge in [-0.05, 0) is 31.3 Å². The second-order valence-corrected chi connectivity index (χ2v) is 5.44. The average molecular weight is 338 g/mol. The number of carbonyl (C=O) groups excluding carboxylic acids is 2. The molecule has 2 N–H and O–H groups in total. The van der Waals surface area contributed by atoms with Crippen molar-refractivity contribution in [2.75, 3.05) is 59.8 Å². The molecule has 8 heteroatoms. The fourth-order valence-corrected chi connectivity index (χ4v) is 1.88. The van der Waals surface area contributed by atoms with Crippen LogP contribution >= 0.6 is 0 Å². The third-order valence-electron chi connectivity index (χ3n) is 3.59. The van der Waals surface area contributed by atoms with Crippen molar-refractivity contribution in [1.29, 1.82) is 0 Å². The number of hydroxylamine groups is 2. The molecule has 0 aliphatic rings. The number of aliphatic hydroxyl groups excluding tert-OH is 1. The minimum atomic E-state index is -0.264. The van der Waals surface area contributed by atoms with E-state index in [1.807, 2.05) is 11.9 Å². The van der Waals surface area contributed by atoms with Crippen LogP contribution < -0.4 is 5.32 Å². The molecule has 0 atom stereocenters. The number of anilines is 1. The number of nitrogens with one attached hydrogen (secondary N) is 1. The standard InChI is InChI=1S/C16H26N4O4/c1-18(11-12-21)9-10-19(2)16(23)17-14-7-5-13(6-8-14)15(22)20(3)24-4/h5-8,21H,9-12H2,1-4H3,(H,17,23). The second kappa shape index (κ2) is 9.86. The topological polar surface area (TPSA) is 85.4 Å². The molecule has 0 aliphatic heterocycles. The van der Waals surface area contributed by atoms with Gasteiger partial charge in [0.2, 0.25) is 0 Å². The van der Waals surface area contributed by atoms with Gasteiger partial charge in [-0.25, -0.2) is 9.86 Å². The fourth-order valence-electron chi connectivity index (χ4n) is 1.88. The first-order valence-corrected chi connectivity index (χ1v) is 7.62. The quantitative estimate of drug-likeness (QED) is 0.682. The minimum Gasteiger partial charge on any atom is -0.395 e. The second-order valence-electron chi connectivity index (χ2n) is 5.44. The normalized spacial score (nSPS) is 10.6. The van der Waals surface area contributed by atoms with Crippen LogP contribution in [-0.2, 0) is 4.84 Å².